The molecule has 0 unspecified atom stereocenters. The van der Waals surface area contributed by atoms with Crippen LogP contribution in [0.1, 0.15) is 0 Å². The zero-order valence-corrected chi connectivity index (χ0v) is 4.63. The van der Waals surface area contributed by atoms with Crippen LogP contribution in [-0.4, -0.2) is 0 Å². The lowest BCUT2D eigenvalue weighted by Gasteiger charge is -1.73. The number of hydrogen-bond donors (Lipinski definition) is 0. The molecule has 0 N–H and O–H groups in total. The van der Waals surface area contributed by atoms with Crippen molar-refractivity contribution in [2.45, 2.75) is 0 Å². The normalized spacial score (nSPS) is 11.3. The van der Waals surface area contributed by atoms with Crippen molar-refractivity contribution < 1.29 is 0 Å². The van der Waals surface area contributed by atoms with Crippen LogP contribution in [0.15, 0.2) is 23.2 Å². The fourth-order valence-electron chi connectivity index (χ4n) is 0.0445. The Kier molecular flexibility index (Phi) is 3.29. The molecule has 0 fully saturated rings. The van der Waals surface area contributed by atoms with Crippen LogP contribution in [0.5, 0.6) is 0 Å². The molecule has 0 aromatic heterocycles. The van der Waals surface area contributed by atoms with Crippen molar-refractivity contribution in [3.05, 3.63) is 23.2 Å². The van der Waals surface area contributed by atoms with Crippen LogP contribution in [0.4, 0.5) is 0 Å². The quantitative estimate of drug-likeness (QED) is 0.470. The molecule has 34 valence electrons. The predicted octanol–water partition coefficient (Wildman–Crippen LogP) is 2.49. The third-order valence-corrected chi connectivity index (χ3v) is 0.909. The zero-order valence-electron chi connectivity index (χ0n) is 3.12. The lowest BCUT2D eigenvalue weighted by Crippen LogP contribution is -1.48. The van der Waals surface area contributed by atoms with E-state index < -0.39 is 0 Å². The van der Waals surface area contributed by atoms with E-state index in [1.807, 2.05) is 0 Å². The number of halogens is 2. The molecule has 0 aromatic carbocycles. The van der Waals surface area contributed by atoms with Gasteiger partial charge in [-0.3, -0.25) is 0 Å². The summed E-state index contributed by atoms with van der Waals surface area (Å²) in [7, 11) is 0. The van der Waals surface area contributed by atoms with Gasteiger partial charge in [0, 0.05) is 5.54 Å². The lowest BCUT2D eigenvalue weighted by atomic mass is 10.6. The highest BCUT2D eigenvalue weighted by Gasteiger charge is 1.72. The summed E-state index contributed by atoms with van der Waals surface area (Å²) in [5.74, 6) is 0. The minimum Gasteiger partial charge on any atom is -0.0976 e. The van der Waals surface area contributed by atoms with Gasteiger partial charge in [0.15, 0.2) is 0 Å². The van der Waals surface area contributed by atoms with Gasteiger partial charge in [0.1, 0.15) is 0 Å². The van der Waals surface area contributed by atoms with Crippen molar-refractivity contribution in [1.29, 1.82) is 0 Å². The van der Waals surface area contributed by atoms with E-state index in [2.05, 4.69) is 6.58 Å². The van der Waals surface area contributed by atoms with Crippen LogP contribution < -0.4 is 0 Å². The highest BCUT2D eigenvalue weighted by molar-refractivity contribution is 6.37. The molecule has 0 aliphatic heterocycles. The monoisotopic (exact) mass is 122 g/mol. The summed E-state index contributed by atoms with van der Waals surface area (Å²) in [4.78, 5) is 0. The first-order chi connectivity index (χ1) is 2.81. The smallest absolute Gasteiger partial charge is 0.0513 e. The van der Waals surface area contributed by atoms with Crippen molar-refractivity contribution in [2.24, 2.45) is 0 Å². The Bertz CT molecular complexity index is 73.6. The van der Waals surface area contributed by atoms with Crippen LogP contribution >= 0.6 is 23.2 Å². The molecule has 0 nitrogen and oxygen atoms in total. The van der Waals surface area contributed by atoms with Gasteiger partial charge in [-0.25, -0.2) is 0 Å². The average molecular weight is 123 g/mol. The second kappa shape index (κ2) is 3.26. The van der Waals surface area contributed by atoms with Crippen molar-refractivity contribution in [3.8, 4) is 0 Å². The van der Waals surface area contributed by atoms with Crippen LogP contribution in [-0.2, 0) is 0 Å². The molecule has 0 rings (SSSR count). The molecule has 0 bridgehead atoms. The van der Waals surface area contributed by atoms with Gasteiger partial charge in [-0.15, -0.1) is 0 Å². The maximum atomic E-state index is 5.26. The third kappa shape index (κ3) is 2.31. The molecule has 0 aliphatic rings. The van der Waals surface area contributed by atoms with Crippen LogP contribution in [0.25, 0.3) is 0 Å². The summed E-state index contributed by atoms with van der Waals surface area (Å²) >= 11 is 10.3. The molecule has 0 aromatic rings. The average Bonchev–Trinajstić information content (AvgIpc) is 1.65. The summed E-state index contributed by atoms with van der Waals surface area (Å²) in [6, 6.07) is 0. The Balaban J connectivity index is 3.50. The first-order valence-corrected chi connectivity index (χ1v) is 2.21. The molecule has 6 heavy (non-hydrogen) atoms. The molecule has 0 atom stereocenters. The van der Waals surface area contributed by atoms with E-state index >= 15 is 0 Å². The summed E-state index contributed by atoms with van der Waals surface area (Å²) in [6.45, 7) is 3.35. The van der Waals surface area contributed by atoms with E-state index in [1.54, 1.807) is 0 Å². The van der Waals surface area contributed by atoms with Gasteiger partial charge < -0.3 is 0 Å². The number of rotatable bonds is 1. The minimum absolute atomic E-state index is 0.469. The van der Waals surface area contributed by atoms with Crippen LogP contribution in [0.3, 0.4) is 0 Å². The van der Waals surface area contributed by atoms with Crippen molar-refractivity contribution >= 4 is 23.2 Å². The van der Waals surface area contributed by atoms with Crippen LogP contribution in [0, 0.1) is 0 Å². The van der Waals surface area contributed by atoms with Gasteiger partial charge in [0.25, 0.3) is 0 Å². The molecule has 2 heteroatoms. The Hall–Kier alpha value is 0.0600. The van der Waals surface area contributed by atoms with Gasteiger partial charge in [0.2, 0.25) is 0 Å². The number of hydrogen-bond acceptors (Lipinski definition) is 0. The third-order valence-electron chi connectivity index (χ3n) is 0.299. The molecular formula is C4H4Cl2. The molecule has 0 heterocycles. The fourth-order valence-corrected chi connectivity index (χ4v) is 0.134. The summed E-state index contributed by atoms with van der Waals surface area (Å²) in [6.07, 6.45) is 1.47. The van der Waals surface area contributed by atoms with Crippen molar-refractivity contribution in [2.75, 3.05) is 0 Å². The minimum atomic E-state index is 0.469. The lowest BCUT2D eigenvalue weighted by molar-refractivity contribution is 2.00. The maximum absolute atomic E-state index is 5.26. The Morgan fingerprint density at radius 2 is 2.17 bits per heavy atom. The predicted molar refractivity (Wildman–Crippen MR) is 30.0 cm³/mol. The van der Waals surface area contributed by atoms with E-state index in [1.165, 1.54) is 11.6 Å². The molecule has 0 saturated heterocycles. The van der Waals surface area contributed by atoms with Crippen molar-refractivity contribution in [3.63, 3.8) is 0 Å². The van der Waals surface area contributed by atoms with E-state index in [-0.39, 0.29) is 0 Å². The van der Waals surface area contributed by atoms with Crippen LogP contribution in [0.2, 0.25) is 0 Å². The molecule has 0 aliphatic carbocycles. The Morgan fingerprint density at radius 3 is 2.17 bits per heavy atom. The SMILES string of the molecule is C=CC(Cl)=CCl. The molecular weight excluding hydrogens is 119 g/mol. The molecule has 0 spiro atoms. The number of allylic oxidation sites excluding steroid dienone is 2. The van der Waals surface area contributed by atoms with E-state index in [4.69, 9.17) is 23.2 Å². The second-order valence-electron chi connectivity index (χ2n) is 0.698. The molecule has 0 amide bonds. The van der Waals surface area contributed by atoms with Gasteiger partial charge in [-0.1, -0.05) is 29.8 Å². The topological polar surface area (TPSA) is 0 Å². The molecule has 0 saturated carbocycles. The van der Waals surface area contributed by atoms with E-state index in [0.717, 1.165) is 0 Å². The highest BCUT2D eigenvalue weighted by Crippen LogP contribution is 2.01. The van der Waals surface area contributed by atoms with Gasteiger partial charge in [0.05, 0.1) is 5.03 Å². The van der Waals surface area contributed by atoms with Crippen molar-refractivity contribution in [1.82, 2.24) is 0 Å². The second-order valence-corrected chi connectivity index (χ2v) is 1.35. The maximum Gasteiger partial charge on any atom is 0.0513 e. The Labute approximate surface area is 47.1 Å². The summed E-state index contributed by atoms with van der Waals surface area (Å²) in [5, 5.41) is 0.469. The first kappa shape index (κ1) is 6.06. The summed E-state index contributed by atoms with van der Waals surface area (Å²) in [5.41, 5.74) is 1.26. The Morgan fingerprint density at radius 1 is 1.67 bits per heavy atom. The highest BCUT2D eigenvalue weighted by atomic mass is 35.5. The van der Waals surface area contributed by atoms with E-state index in [9.17, 15) is 0 Å². The fraction of sp³-hybridized carbons (Fsp3) is 0. The van der Waals surface area contributed by atoms with E-state index in [0.29, 0.717) is 5.03 Å². The van der Waals surface area contributed by atoms with Gasteiger partial charge in [-0.05, 0) is 6.08 Å². The summed E-state index contributed by atoms with van der Waals surface area (Å²) < 4.78 is 0. The first-order valence-electron chi connectivity index (χ1n) is 1.39. The molecule has 0 radical (unpaired) electrons. The van der Waals surface area contributed by atoms with Gasteiger partial charge >= 0.3 is 0 Å². The standard InChI is InChI=1S/C4H4Cl2/c1-2-4(6)3-5/h2-3H,1H2. The largest absolute Gasteiger partial charge is 0.0976 e. The van der Waals surface area contributed by atoms with Gasteiger partial charge in [-0.2, -0.15) is 0 Å². The zero-order chi connectivity index (χ0) is 4.99.